The molecule has 1 aliphatic heterocycles. The number of carboxylic acids is 1. The second-order valence-corrected chi connectivity index (χ2v) is 4.05. The molecule has 1 rings (SSSR count). The van der Waals surface area contributed by atoms with E-state index in [0.29, 0.717) is 19.8 Å². The van der Waals surface area contributed by atoms with Crippen LogP contribution in [0.5, 0.6) is 0 Å². The van der Waals surface area contributed by atoms with Crippen LogP contribution in [-0.2, 0) is 9.53 Å². The average molecular weight is 255 g/mol. The van der Waals surface area contributed by atoms with Gasteiger partial charge in [-0.2, -0.15) is 13.2 Å². The number of halogens is 3. The molecule has 0 unspecified atom stereocenters. The third-order valence-electron chi connectivity index (χ3n) is 2.89. The molecule has 2 atom stereocenters. The van der Waals surface area contributed by atoms with E-state index in [1.807, 2.05) is 0 Å². The van der Waals surface area contributed by atoms with Crippen LogP contribution in [0.2, 0.25) is 0 Å². The fourth-order valence-electron chi connectivity index (χ4n) is 1.99. The van der Waals surface area contributed by atoms with Gasteiger partial charge < -0.3 is 9.84 Å². The van der Waals surface area contributed by atoms with Crippen LogP contribution < -0.4 is 0 Å². The van der Waals surface area contributed by atoms with Crippen molar-refractivity contribution in [3.05, 3.63) is 0 Å². The Bertz CT molecular complexity index is 270. The first-order chi connectivity index (χ1) is 7.86. The van der Waals surface area contributed by atoms with E-state index in [1.165, 1.54) is 4.90 Å². The van der Waals surface area contributed by atoms with Crippen molar-refractivity contribution >= 4 is 5.97 Å². The van der Waals surface area contributed by atoms with Crippen molar-refractivity contribution < 1.29 is 27.8 Å². The molecular formula is C10H16F3NO3. The summed E-state index contributed by atoms with van der Waals surface area (Å²) in [5.74, 6) is -4.52. The molecule has 17 heavy (non-hydrogen) atoms. The third-order valence-corrected chi connectivity index (χ3v) is 2.89. The largest absolute Gasteiger partial charge is 0.481 e. The zero-order valence-corrected chi connectivity index (χ0v) is 9.54. The summed E-state index contributed by atoms with van der Waals surface area (Å²) >= 11 is 0. The van der Waals surface area contributed by atoms with Crippen LogP contribution in [0.3, 0.4) is 0 Å². The van der Waals surface area contributed by atoms with Crippen LogP contribution in [0.4, 0.5) is 13.2 Å². The minimum Gasteiger partial charge on any atom is -0.481 e. The SMILES string of the molecule is CCOCCN1C[C@H](C(=O)O)[C@@H](C(F)(F)F)C1. The molecule has 1 fully saturated rings. The Balaban J connectivity index is 2.57. The summed E-state index contributed by atoms with van der Waals surface area (Å²) in [6.07, 6.45) is -4.45. The summed E-state index contributed by atoms with van der Waals surface area (Å²) in [4.78, 5) is 12.3. The van der Waals surface area contributed by atoms with Crippen LogP contribution in [-0.4, -0.2) is 55.0 Å². The first-order valence-corrected chi connectivity index (χ1v) is 5.45. The number of rotatable bonds is 5. The fourth-order valence-corrected chi connectivity index (χ4v) is 1.99. The summed E-state index contributed by atoms with van der Waals surface area (Å²) in [5, 5.41) is 8.78. The van der Waals surface area contributed by atoms with Crippen molar-refractivity contribution in [3.63, 3.8) is 0 Å². The van der Waals surface area contributed by atoms with Gasteiger partial charge in [-0.15, -0.1) is 0 Å². The topological polar surface area (TPSA) is 49.8 Å². The van der Waals surface area contributed by atoms with Gasteiger partial charge in [0.05, 0.1) is 18.4 Å². The van der Waals surface area contributed by atoms with Crippen LogP contribution in [0, 0.1) is 11.8 Å². The Morgan fingerprint density at radius 2 is 2.12 bits per heavy atom. The van der Waals surface area contributed by atoms with Crippen LogP contribution in [0.1, 0.15) is 6.92 Å². The molecule has 1 N–H and O–H groups in total. The second-order valence-electron chi connectivity index (χ2n) is 4.05. The molecule has 0 bridgehead atoms. The van der Waals surface area contributed by atoms with E-state index in [4.69, 9.17) is 9.84 Å². The molecule has 4 nitrogen and oxygen atoms in total. The highest BCUT2D eigenvalue weighted by Crippen LogP contribution is 2.37. The Kier molecular flexibility index (Phi) is 4.76. The molecule has 0 aliphatic carbocycles. The minimum atomic E-state index is -4.45. The van der Waals surface area contributed by atoms with E-state index in [2.05, 4.69) is 0 Å². The summed E-state index contributed by atoms with van der Waals surface area (Å²) in [6.45, 7) is 2.64. The fraction of sp³-hybridized carbons (Fsp3) is 0.900. The molecule has 0 spiro atoms. The predicted octanol–water partition coefficient (Wildman–Crippen LogP) is 1.22. The number of likely N-dealkylation sites (tertiary alicyclic amines) is 1. The lowest BCUT2D eigenvalue weighted by Gasteiger charge is -2.18. The van der Waals surface area contributed by atoms with Gasteiger partial charge in [0.2, 0.25) is 0 Å². The normalized spacial score (nSPS) is 26.4. The van der Waals surface area contributed by atoms with Gasteiger partial charge in [-0.25, -0.2) is 0 Å². The van der Waals surface area contributed by atoms with Crippen LogP contribution >= 0.6 is 0 Å². The highest BCUT2D eigenvalue weighted by atomic mass is 19.4. The van der Waals surface area contributed by atoms with Gasteiger partial charge in [0.25, 0.3) is 0 Å². The van der Waals surface area contributed by atoms with Crippen molar-refractivity contribution in [1.82, 2.24) is 4.90 Å². The van der Waals surface area contributed by atoms with Crippen molar-refractivity contribution in [2.24, 2.45) is 11.8 Å². The van der Waals surface area contributed by atoms with Gasteiger partial charge in [-0.1, -0.05) is 0 Å². The lowest BCUT2D eigenvalue weighted by Crippen LogP contribution is -2.33. The van der Waals surface area contributed by atoms with E-state index >= 15 is 0 Å². The molecule has 1 saturated heterocycles. The number of nitrogens with zero attached hydrogens (tertiary/aromatic N) is 1. The van der Waals surface area contributed by atoms with Gasteiger partial charge in [-0.3, -0.25) is 9.69 Å². The number of ether oxygens (including phenoxy) is 1. The van der Waals surface area contributed by atoms with E-state index in [1.54, 1.807) is 6.92 Å². The number of aliphatic carboxylic acids is 1. The molecule has 0 amide bonds. The molecule has 0 aromatic carbocycles. The maximum Gasteiger partial charge on any atom is 0.393 e. The monoisotopic (exact) mass is 255 g/mol. The third kappa shape index (κ3) is 3.85. The smallest absolute Gasteiger partial charge is 0.393 e. The number of hydrogen-bond donors (Lipinski definition) is 1. The summed E-state index contributed by atoms with van der Waals surface area (Å²) in [7, 11) is 0. The molecule has 1 aliphatic rings. The highest BCUT2D eigenvalue weighted by molar-refractivity contribution is 5.71. The quantitative estimate of drug-likeness (QED) is 0.750. The number of alkyl halides is 3. The second kappa shape index (κ2) is 5.68. The Morgan fingerprint density at radius 3 is 2.53 bits per heavy atom. The van der Waals surface area contributed by atoms with Crippen LogP contribution in [0.15, 0.2) is 0 Å². The first kappa shape index (κ1) is 14.2. The minimum absolute atomic E-state index is 0.0629. The molecular weight excluding hydrogens is 239 g/mol. The molecule has 0 radical (unpaired) electrons. The van der Waals surface area contributed by atoms with Crippen molar-refractivity contribution in [1.29, 1.82) is 0 Å². The van der Waals surface area contributed by atoms with Crippen molar-refractivity contribution in [3.8, 4) is 0 Å². The average Bonchev–Trinajstić information content (AvgIpc) is 2.62. The molecule has 0 saturated carbocycles. The first-order valence-electron chi connectivity index (χ1n) is 5.45. The van der Waals surface area contributed by atoms with E-state index in [9.17, 15) is 18.0 Å². The summed E-state index contributed by atoms with van der Waals surface area (Å²) in [5.41, 5.74) is 0. The van der Waals surface area contributed by atoms with E-state index in [-0.39, 0.29) is 13.1 Å². The maximum atomic E-state index is 12.6. The number of carbonyl (C=O) groups is 1. The van der Waals surface area contributed by atoms with Crippen molar-refractivity contribution in [2.45, 2.75) is 13.1 Å². The zero-order chi connectivity index (χ0) is 13.1. The number of hydrogen-bond acceptors (Lipinski definition) is 3. The Hall–Kier alpha value is -0.820. The van der Waals surface area contributed by atoms with Gasteiger partial charge >= 0.3 is 12.1 Å². The predicted molar refractivity (Wildman–Crippen MR) is 53.6 cm³/mol. The standard InChI is InChI=1S/C10H16F3NO3/c1-2-17-4-3-14-5-7(9(15)16)8(6-14)10(11,12)13/h7-8H,2-6H2,1H3,(H,15,16)/t7-,8-/m0/s1. The summed E-state index contributed by atoms with van der Waals surface area (Å²) < 4.78 is 42.9. The Morgan fingerprint density at radius 1 is 1.47 bits per heavy atom. The maximum absolute atomic E-state index is 12.6. The molecule has 100 valence electrons. The van der Waals surface area contributed by atoms with E-state index in [0.717, 1.165) is 0 Å². The van der Waals surface area contributed by atoms with Crippen LogP contribution in [0.25, 0.3) is 0 Å². The highest BCUT2D eigenvalue weighted by Gasteiger charge is 2.52. The lowest BCUT2D eigenvalue weighted by molar-refractivity contribution is -0.188. The lowest BCUT2D eigenvalue weighted by atomic mass is 9.96. The molecule has 7 heteroatoms. The van der Waals surface area contributed by atoms with Gasteiger partial charge in [-0.05, 0) is 6.92 Å². The Labute approximate surface area is 97.3 Å². The molecule has 1 heterocycles. The van der Waals surface area contributed by atoms with Gasteiger partial charge in [0, 0.05) is 26.2 Å². The van der Waals surface area contributed by atoms with Gasteiger partial charge in [0.15, 0.2) is 0 Å². The van der Waals surface area contributed by atoms with Crippen molar-refractivity contribution in [2.75, 3.05) is 32.8 Å². The molecule has 0 aromatic heterocycles. The molecule has 0 aromatic rings. The van der Waals surface area contributed by atoms with Gasteiger partial charge in [0.1, 0.15) is 0 Å². The number of carboxylic acid groups (broad SMARTS) is 1. The van der Waals surface area contributed by atoms with E-state index < -0.39 is 24.0 Å². The summed E-state index contributed by atoms with van der Waals surface area (Å²) in [6, 6.07) is 0. The zero-order valence-electron chi connectivity index (χ0n) is 9.54.